The average Bonchev–Trinajstić information content (AvgIpc) is 3.32. The first-order valence-electron chi connectivity index (χ1n) is 14.7. The van der Waals surface area contributed by atoms with Gasteiger partial charge in [0.25, 0.3) is 0 Å². The highest BCUT2D eigenvalue weighted by molar-refractivity contribution is 5.87. The first-order chi connectivity index (χ1) is 20.5. The number of fused-ring (bicyclic) bond motifs is 3. The van der Waals surface area contributed by atoms with Crippen LogP contribution in [0.25, 0.3) is 0 Å². The van der Waals surface area contributed by atoms with Crippen LogP contribution in [-0.2, 0) is 22.4 Å². The highest BCUT2D eigenvalue weighted by Gasteiger charge is 2.46. The monoisotopic (exact) mass is 593 g/mol. The molecule has 228 valence electrons. The molecule has 0 saturated carbocycles. The van der Waals surface area contributed by atoms with Crippen LogP contribution in [0, 0.1) is 11.6 Å². The van der Waals surface area contributed by atoms with E-state index in [4.69, 9.17) is 9.72 Å². The molecule has 12 heteroatoms. The summed E-state index contributed by atoms with van der Waals surface area (Å²) in [4.78, 5) is 38.8. The van der Waals surface area contributed by atoms with Gasteiger partial charge < -0.3 is 19.5 Å². The number of halogens is 2. The molecule has 0 bridgehead atoms. The Kier molecular flexibility index (Phi) is 7.35. The average molecular weight is 594 g/mol. The zero-order chi connectivity index (χ0) is 30.5. The Hall–Kier alpha value is -4.06. The number of aromatic nitrogens is 3. The predicted octanol–water partition coefficient (Wildman–Crippen LogP) is 5.23. The van der Waals surface area contributed by atoms with E-state index >= 15 is 0 Å². The summed E-state index contributed by atoms with van der Waals surface area (Å²) in [6.45, 7) is 5.33. The molecule has 3 aliphatic heterocycles. The molecule has 1 saturated heterocycles. The van der Waals surface area contributed by atoms with Crippen molar-refractivity contribution in [3.8, 4) is 0 Å². The molecule has 3 aliphatic rings. The molecule has 6 rings (SSSR count). The molecular formula is C31H37F2N7O3. The summed E-state index contributed by atoms with van der Waals surface area (Å²) in [5.41, 5.74) is 0.819. The number of urea groups is 1. The molecule has 2 N–H and O–H groups in total. The smallest absolute Gasteiger partial charge is 0.413 e. The molecule has 1 unspecified atom stereocenters. The molecule has 10 nitrogen and oxygen atoms in total. The quantitative estimate of drug-likeness (QED) is 0.429. The summed E-state index contributed by atoms with van der Waals surface area (Å²) in [5, 5.41) is 5.84. The summed E-state index contributed by atoms with van der Waals surface area (Å²) >= 11 is 0. The van der Waals surface area contributed by atoms with Crippen molar-refractivity contribution in [2.75, 3.05) is 32.5 Å². The van der Waals surface area contributed by atoms with Gasteiger partial charge in [0.2, 0.25) is 0 Å². The number of ether oxygens (including phenoxy) is 1. The predicted molar refractivity (Wildman–Crippen MR) is 155 cm³/mol. The third-order valence-corrected chi connectivity index (χ3v) is 9.53. The van der Waals surface area contributed by atoms with Crippen molar-refractivity contribution < 1.29 is 23.1 Å². The van der Waals surface area contributed by atoms with Gasteiger partial charge in [0.05, 0.1) is 23.5 Å². The summed E-state index contributed by atoms with van der Waals surface area (Å²) in [6.07, 6.45) is 4.81. The van der Waals surface area contributed by atoms with Crippen molar-refractivity contribution in [3.05, 3.63) is 77.0 Å². The number of likely N-dealkylation sites (tertiary alicyclic amines) is 1. The van der Waals surface area contributed by atoms with Gasteiger partial charge in [0.1, 0.15) is 17.2 Å². The number of pyridine rings is 1. The first kappa shape index (κ1) is 29.0. The molecule has 43 heavy (non-hydrogen) atoms. The number of nitrogens with zero attached hydrogens (tertiary/aromatic N) is 5. The molecule has 2 aromatic heterocycles. The van der Waals surface area contributed by atoms with Gasteiger partial charge in [-0.3, -0.25) is 10.2 Å². The largest absolute Gasteiger partial charge is 0.437 e. The number of imidazole rings is 1. The SMILES string of the molecule is CN(C)C(C)(C)c1cnc2n1CC(c1cccc(F)c1F)CC[C@H]2NC(=O)N1CCC2(CC1)OC(=O)Nc1ncccc12. The van der Waals surface area contributed by atoms with Crippen molar-refractivity contribution in [3.63, 3.8) is 0 Å². The van der Waals surface area contributed by atoms with Crippen molar-refractivity contribution in [2.45, 2.75) is 69.2 Å². The van der Waals surface area contributed by atoms with Gasteiger partial charge in [-0.25, -0.2) is 28.3 Å². The van der Waals surface area contributed by atoms with Gasteiger partial charge in [-0.2, -0.15) is 0 Å². The Morgan fingerprint density at radius 2 is 1.91 bits per heavy atom. The van der Waals surface area contributed by atoms with E-state index in [9.17, 15) is 18.4 Å². The lowest BCUT2D eigenvalue weighted by Crippen LogP contribution is -2.52. The van der Waals surface area contributed by atoms with Gasteiger partial charge in [-0.15, -0.1) is 0 Å². The van der Waals surface area contributed by atoms with Gasteiger partial charge in [-0.1, -0.05) is 12.1 Å². The Bertz CT molecular complexity index is 1550. The van der Waals surface area contributed by atoms with E-state index in [0.29, 0.717) is 62.5 Å². The molecule has 3 amide bonds. The Labute approximate surface area is 249 Å². The zero-order valence-electron chi connectivity index (χ0n) is 24.9. The van der Waals surface area contributed by atoms with E-state index in [1.807, 2.05) is 32.4 Å². The fourth-order valence-corrected chi connectivity index (χ4v) is 6.52. The van der Waals surface area contributed by atoms with E-state index in [-0.39, 0.29) is 11.9 Å². The van der Waals surface area contributed by atoms with E-state index in [1.165, 1.54) is 6.07 Å². The maximum absolute atomic E-state index is 15.0. The number of hydrogen-bond acceptors (Lipinski definition) is 6. The summed E-state index contributed by atoms with van der Waals surface area (Å²) < 4.78 is 37.1. The van der Waals surface area contributed by atoms with Crippen LogP contribution in [0.2, 0.25) is 0 Å². The lowest BCUT2D eigenvalue weighted by Gasteiger charge is -2.43. The second-order valence-corrected chi connectivity index (χ2v) is 12.4. The van der Waals surface area contributed by atoms with Crippen LogP contribution >= 0.6 is 0 Å². The van der Waals surface area contributed by atoms with Crippen LogP contribution in [0.5, 0.6) is 0 Å². The molecule has 1 aromatic carbocycles. The van der Waals surface area contributed by atoms with Crippen molar-refractivity contribution in [2.24, 2.45) is 0 Å². The van der Waals surface area contributed by atoms with Gasteiger partial charge in [-0.05, 0) is 64.5 Å². The minimum absolute atomic E-state index is 0.245. The molecule has 1 spiro atoms. The Morgan fingerprint density at radius 1 is 1.14 bits per heavy atom. The van der Waals surface area contributed by atoms with Crippen LogP contribution in [0.4, 0.5) is 24.2 Å². The number of nitrogens with one attached hydrogen (secondary N) is 2. The van der Waals surface area contributed by atoms with Gasteiger partial charge >= 0.3 is 12.1 Å². The fourth-order valence-electron chi connectivity index (χ4n) is 6.52. The van der Waals surface area contributed by atoms with Crippen LogP contribution in [-0.4, -0.2) is 63.6 Å². The first-order valence-corrected chi connectivity index (χ1v) is 14.7. The van der Waals surface area contributed by atoms with Gasteiger partial charge in [0.15, 0.2) is 11.6 Å². The zero-order valence-corrected chi connectivity index (χ0v) is 24.9. The minimum Gasteiger partial charge on any atom is -0.437 e. The maximum atomic E-state index is 15.0. The van der Waals surface area contributed by atoms with Crippen molar-refractivity contribution in [1.82, 2.24) is 29.7 Å². The Morgan fingerprint density at radius 3 is 2.65 bits per heavy atom. The van der Waals surface area contributed by atoms with E-state index < -0.39 is 34.9 Å². The topological polar surface area (TPSA) is 105 Å². The van der Waals surface area contributed by atoms with Crippen molar-refractivity contribution in [1.29, 1.82) is 0 Å². The normalized spacial score (nSPS) is 21.5. The molecule has 0 radical (unpaired) electrons. The van der Waals surface area contributed by atoms with Gasteiger partial charge in [0, 0.05) is 50.2 Å². The number of hydrogen-bond donors (Lipinski definition) is 2. The lowest BCUT2D eigenvalue weighted by atomic mass is 9.83. The molecule has 3 aromatic rings. The molecule has 2 atom stereocenters. The van der Waals surface area contributed by atoms with Crippen LogP contribution < -0.4 is 10.6 Å². The number of amides is 3. The van der Waals surface area contributed by atoms with Crippen LogP contribution in [0.3, 0.4) is 0 Å². The number of benzene rings is 1. The highest BCUT2D eigenvalue weighted by atomic mass is 19.2. The highest BCUT2D eigenvalue weighted by Crippen LogP contribution is 2.43. The second-order valence-electron chi connectivity index (χ2n) is 12.4. The summed E-state index contributed by atoms with van der Waals surface area (Å²) in [5.74, 6) is -0.823. The van der Waals surface area contributed by atoms with Crippen LogP contribution in [0.1, 0.15) is 74.1 Å². The summed E-state index contributed by atoms with van der Waals surface area (Å²) in [6, 6.07) is 7.33. The number of rotatable bonds is 4. The molecule has 5 heterocycles. The van der Waals surface area contributed by atoms with E-state index in [2.05, 4.69) is 38.9 Å². The Balaban J connectivity index is 1.24. The molecule has 1 fully saturated rings. The lowest BCUT2D eigenvalue weighted by molar-refractivity contribution is -0.0308. The van der Waals surface area contributed by atoms with Crippen LogP contribution in [0.15, 0.2) is 42.7 Å². The minimum atomic E-state index is -0.869. The summed E-state index contributed by atoms with van der Waals surface area (Å²) in [7, 11) is 3.97. The standard InChI is InChI=1S/C31H37F2N7O3/c1-30(2,38(3)4)24-17-35-27-23(11-10-19(18-40(24)27)20-7-5-9-22(32)25(20)33)36-28(41)39-15-12-31(13-16-39)21-8-6-14-34-26(21)37-29(42)43-31/h5-9,14,17,19,23H,10-13,15-16,18H2,1-4H3,(H,36,41)(H,34,37,42)/t19?,23-/m1/s1. The number of carbonyl (C=O) groups is 2. The van der Waals surface area contributed by atoms with E-state index in [0.717, 1.165) is 17.3 Å². The number of anilines is 1. The number of carbonyl (C=O) groups excluding carboxylic acids is 2. The van der Waals surface area contributed by atoms with Crippen molar-refractivity contribution >= 4 is 17.9 Å². The third kappa shape index (κ3) is 5.11. The molecular weight excluding hydrogens is 556 g/mol. The number of piperidine rings is 1. The van der Waals surface area contributed by atoms with E-state index in [1.54, 1.807) is 17.2 Å². The maximum Gasteiger partial charge on any atom is 0.413 e. The third-order valence-electron chi connectivity index (χ3n) is 9.53. The second kappa shape index (κ2) is 10.9. The molecule has 0 aliphatic carbocycles. The fraction of sp³-hybridized carbons (Fsp3) is 0.484.